The summed E-state index contributed by atoms with van der Waals surface area (Å²) in [6, 6.07) is 0. The molecule has 0 aromatic rings. The Morgan fingerprint density at radius 3 is 1.76 bits per heavy atom. The normalized spacial score (nSPS) is 37.6. The number of fused-ring (bicyclic) bond motifs is 1. The summed E-state index contributed by atoms with van der Waals surface area (Å²) in [5.41, 5.74) is -2.65. The molecule has 7 rings (SSSR count). The Kier molecular flexibility index (Phi) is 10.8. The van der Waals surface area contributed by atoms with Crippen molar-refractivity contribution in [2.45, 2.75) is 200 Å². The maximum atomic E-state index is 12.7. The molecule has 0 aromatic carbocycles. The largest absolute Gasteiger partial charge is 0.509 e. The van der Waals surface area contributed by atoms with Gasteiger partial charge in [-0.3, -0.25) is 9.59 Å². The van der Waals surface area contributed by atoms with Gasteiger partial charge in [0.05, 0.1) is 17.4 Å². The van der Waals surface area contributed by atoms with Crippen LogP contribution in [0.5, 0.6) is 0 Å². The molecular formula is C39H64O12. The third kappa shape index (κ3) is 9.04. The summed E-state index contributed by atoms with van der Waals surface area (Å²) in [5, 5.41) is 0. The number of hydrogen-bond donors (Lipinski definition) is 0. The second-order valence-electron chi connectivity index (χ2n) is 19.1. The minimum absolute atomic E-state index is 0.130. The summed E-state index contributed by atoms with van der Waals surface area (Å²) < 4.78 is 52.7. The highest BCUT2D eigenvalue weighted by molar-refractivity contribution is 5.76. The van der Waals surface area contributed by atoms with Crippen molar-refractivity contribution >= 4 is 18.1 Å². The number of carbonyl (C=O) groups is 3. The first kappa shape index (κ1) is 40.2. The van der Waals surface area contributed by atoms with Gasteiger partial charge < -0.3 is 42.6 Å². The van der Waals surface area contributed by atoms with Crippen LogP contribution < -0.4 is 0 Å². The van der Waals surface area contributed by atoms with Gasteiger partial charge in [-0.2, -0.15) is 0 Å². The average molecular weight is 725 g/mol. The molecular weight excluding hydrogens is 660 g/mol. The minimum atomic E-state index is -0.780. The lowest BCUT2D eigenvalue weighted by molar-refractivity contribution is -0.236. The lowest BCUT2D eigenvalue weighted by Crippen LogP contribution is -2.62. The van der Waals surface area contributed by atoms with Gasteiger partial charge in [-0.15, -0.1) is 0 Å². The van der Waals surface area contributed by atoms with Crippen LogP contribution in [0.4, 0.5) is 4.79 Å². The Labute approximate surface area is 304 Å². The van der Waals surface area contributed by atoms with Crippen LogP contribution in [-0.4, -0.2) is 83.8 Å². The summed E-state index contributed by atoms with van der Waals surface area (Å²) in [6.45, 7) is 24.8. The molecule has 51 heavy (non-hydrogen) atoms. The zero-order chi connectivity index (χ0) is 38.0. The Morgan fingerprint density at radius 2 is 1.25 bits per heavy atom. The van der Waals surface area contributed by atoms with Crippen molar-refractivity contribution in [2.75, 3.05) is 6.61 Å². The third-order valence-electron chi connectivity index (χ3n) is 11.5. The van der Waals surface area contributed by atoms with Crippen LogP contribution >= 0.6 is 0 Å². The monoisotopic (exact) mass is 724 g/mol. The Morgan fingerprint density at radius 1 is 0.706 bits per heavy atom. The zero-order valence-electron chi connectivity index (χ0n) is 33.3. The van der Waals surface area contributed by atoms with Crippen LogP contribution in [0.25, 0.3) is 0 Å². The molecule has 0 radical (unpaired) electrons. The van der Waals surface area contributed by atoms with E-state index < -0.39 is 70.0 Å². The molecule has 0 amide bonds. The molecule has 4 saturated carbocycles. The van der Waals surface area contributed by atoms with E-state index in [9.17, 15) is 14.4 Å². The van der Waals surface area contributed by atoms with Crippen molar-refractivity contribution in [3.63, 3.8) is 0 Å². The molecule has 3 heterocycles. The van der Waals surface area contributed by atoms with Crippen LogP contribution in [-0.2, 0) is 52.2 Å². The number of rotatable bonds is 8. The summed E-state index contributed by atoms with van der Waals surface area (Å²) >= 11 is 0. The van der Waals surface area contributed by atoms with Gasteiger partial charge in [0.15, 0.2) is 30.1 Å². The molecule has 0 N–H and O–H groups in total. The molecule has 7 atom stereocenters. The highest BCUT2D eigenvalue weighted by atomic mass is 16.9. The fourth-order valence-electron chi connectivity index (χ4n) is 8.50. The molecule has 4 aliphatic carbocycles. The smallest absolute Gasteiger partial charge is 0.458 e. The predicted molar refractivity (Wildman–Crippen MR) is 185 cm³/mol. The second-order valence-corrected chi connectivity index (χ2v) is 19.1. The lowest BCUT2D eigenvalue weighted by atomic mass is 9.52. The second kappa shape index (κ2) is 13.7. The van der Waals surface area contributed by atoms with Crippen molar-refractivity contribution in [1.29, 1.82) is 0 Å². The zero-order valence-corrected chi connectivity index (χ0v) is 33.3. The van der Waals surface area contributed by atoms with E-state index in [4.69, 9.17) is 42.6 Å². The van der Waals surface area contributed by atoms with Gasteiger partial charge in [0, 0.05) is 6.42 Å². The minimum Gasteiger partial charge on any atom is -0.458 e. The molecule has 7 aliphatic rings. The van der Waals surface area contributed by atoms with E-state index in [1.807, 2.05) is 90.0 Å². The van der Waals surface area contributed by atoms with E-state index in [1.165, 1.54) is 0 Å². The maximum absolute atomic E-state index is 12.7. The number of carbonyl (C=O) groups excluding carboxylic acids is 3. The van der Waals surface area contributed by atoms with Crippen LogP contribution in [0.2, 0.25) is 0 Å². The van der Waals surface area contributed by atoms with Crippen molar-refractivity contribution in [3.05, 3.63) is 0 Å². The Bertz CT molecular complexity index is 1300. The lowest BCUT2D eigenvalue weighted by Gasteiger charge is -2.60. The van der Waals surface area contributed by atoms with Crippen LogP contribution in [0.15, 0.2) is 0 Å². The molecule has 0 aromatic heterocycles. The highest BCUT2D eigenvalue weighted by Crippen LogP contribution is 2.60. The number of esters is 2. The van der Waals surface area contributed by atoms with Gasteiger partial charge in [-0.05, 0) is 133 Å². The quantitative estimate of drug-likeness (QED) is 0.183. The van der Waals surface area contributed by atoms with Gasteiger partial charge in [0.25, 0.3) is 0 Å². The summed E-state index contributed by atoms with van der Waals surface area (Å²) in [6.07, 6.45) is 3.57. The van der Waals surface area contributed by atoms with E-state index in [1.54, 1.807) is 0 Å². The molecule has 3 saturated heterocycles. The topological polar surface area (TPSA) is 134 Å². The van der Waals surface area contributed by atoms with Crippen molar-refractivity contribution in [3.8, 4) is 0 Å². The van der Waals surface area contributed by atoms with Crippen molar-refractivity contribution < 1.29 is 57.0 Å². The maximum Gasteiger partial charge on any atom is 0.509 e. The Balaban J connectivity index is 0.000000198. The SMILES string of the molecule is CCC(C)(C)C(=O)OC12CC3CC(CC(OC(=O)OC(C)(C)C)(C3)C1)C2.CCC(C)(C)C(=O)OC1C(C2COC(C)(C)O2)OC2OC(C)(C)OC21. The molecule has 3 aliphatic heterocycles. The molecule has 0 spiro atoms. The molecule has 7 unspecified atom stereocenters. The molecule has 12 nitrogen and oxygen atoms in total. The fourth-order valence-corrected chi connectivity index (χ4v) is 8.50. The molecule has 4 bridgehead atoms. The van der Waals surface area contributed by atoms with E-state index in [-0.39, 0.29) is 18.0 Å². The first-order valence-corrected chi connectivity index (χ1v) is 19.0. The third-order valence-corrected chi connectivity index (χ3v) is 11.5. The Hall–Kier alpha value is -1.99. The van der Waals surface area contributed by atoms with Crippen molar-refractivity contribution in [2.24, 2.45) is 22.7 Å². The van der Waals surface area contributed by atoms with E-state index in [2.05, 4.69) is 0 Å². The number of hydrogen-bond acceptors (Lipinski definition) is 12. The first-order valence-electron chi connectivity index (χ1n) is 19.0. The van der Waals surface area contributed by atoms with Crippen molar-refractivity contribution in [1.82, 2.24) is 0 Å². The average Bonchev–Trinajstić information content (AvgIpc) is 3.59. The molecule has 292 valence electrons. The van der Waals surface area contributed by atoms with E-state index in [0.717, 1.165) is 38.5 Å². The van der Waals surface area contributed by atoms with Gasteiger partial charge in [0.2, 0.25) is 0 Å². The van der Waals surface area contributed by atoms with Crippen LogP contribution in [0, 0.1) is 22.7 Å². The standard InChI is InChI=1S/C21H34O5.C18H30O7/c1-7-19(5,6)16(22)24-20-9-14-8-15(10-20)12-21(11-14,13-20)26-17(23)25-18(2,3)4;1-8-16(2,3)15(19)22-12-11(10-9-20-17(4,5)23-10)21-14-13(12)24-18(6,7)25-14/h14-15H,7-13H2,1-6H3;10-14H,8-9H2,1-7H3. The van der Waals surface area contributed by atoms with E-state index >= 15 is 0 Å². The number of ether oxygens (including phenoxy) is 9. The van der Waals surface area contributed by atoms with Crippen LogP contribution in [0.1, 0.15) is 141 Å². The van der Waals surface area contributed by atoms with Gasteiger partial charge in [0.1, 0.15) is 29.0 Å². The summed E-state index contributed by atoms with van der Waals surface area (Å²) in [7, 11) is 0. The van der Waals surface area contributed by atoms with Crippen LogP contribution in [0.3, 0.4) is 0 Å². The van der Waals surface area contributed by atoms with E-state index in [0.29, 0.717) is 31.3 Å². The molecule has 12 heteroatoms. The predicted octanol–water partition coefficient (Wildman–Crippen LogP) is 7.37. The van der Waals surface area contributed by atoms with Gasteiger partial charge in [-0.25, -0.2) is 4.79 Å². The summed E-state index contributed by atoms with van der Waals surface area (Å²) in [5.74, 6) is -0.968. The molecule has 7 fully saturated rings. The fraction of sp³-hybridized carbons (Fsp3) is 0.923. The van der Waals surface area contributed by atoms with Gasteiger partial charge in [-0.1, -0.05) is 13.8 Å². The summed E-state index contributed by atoms with van der Waals surface area (Å²) in [4.78, 5) is 37.7. The highest BCUT2D eigenvalue weighted by Gasteiger charge is 2.63. The van der Waals surface area contributed by atoms with Gasteiger partial charge >= 0.3 is 18.1 Å². The first-order chi connectivity index (χ1) is 23.3.